The highest BCUT2D eigenvalue weighted by Crippen LogP contribution is 2.34. The second kappa shape index (κ2) is 6.19. The van der Waals surface area contributed by atoms with Crippen LogP contribution in [0.4, 0.5) is 8.78 Å². The van der Waals surface area contributed by atoms with Crippen LogP contribution in [0, 0.1) is 17.6 Å². The number of nitrogens with one attached hydrogen (secondary N) is 1. The van der Waals surface area contributed by atoms with E-state index in [1.165, 1.54) is 12.1 Å². The molecule has 0 saturated carbocycles. The van der Waals surface area contributed by atoms with Gasteiger partial charge < -0.3 is 10.1 Å². The molecule has 1 N–H and O–H groups in total. The van der Waals surface area contributed by atoms with Crippen LogP contribution in [0.5, 0.6) is 0 Å². The molecule has 1 aliphatic rings. The molecule has 1 aromatic carbocycles. The molecule has 1 aliphatic heterocycles. The van der Waals surface area contributed by atoms with Crippen LogP contribution in [0.2, 0.25) is 0 Å². The minimum Gasteiger partial charge on any atom is -0.373 e. The molecule has 20 heavy (non-hydrogen) atoms. The third kappa shape index (κ3) is 4.00. The van der Waals surface area contributed by atoms with Crippen molar-refractivity contribution >= 4 is 0 Å². The zero-order chi connectivity index (χ0) is 14.8. The molecule has 0 bridgehead atoms. The van der Waals surface area contributed by atoms with Gasteiger partial charge in [-0.25, -0.2) is 8.78 Å². The Morgan fingerprint density at radius 1 is 1.25 bits per heavy atom. The highest BCUT2D eigenvalue weighted by Gasteiger charge is 2.29. The van der Waals surface area contributed by atoms with Gasteiger partial charge in [0.25, 0.3) is 0 Å². The van der Waals surface area contributed by atoms with E-state index in [2.05, 4.69) is 26.1 Å². The minimum atomic E-state index is -0.811. The fourth-order valence-corrected chi connectivity index (χ4v) is 2.55. The zero-order valence-corrected chi connectivity index (χ0v) is 12.4. The smallest absolute Gasteiger partial charge is 0.159 e. The first-order chi connectivity index (χ1) is 9.37. The molecule has 2 unspecified atom stereocenters. The van der Waals surface area contributed by atoms with E-state index in [1.54, 1.807) is 6.07 Å². The Balaban J connectivity index is 2.11. The van der Waals surface area contributed by atoms with E-state index in [0.717, 1.165) is 24.9 Å². The summed E-state index contributed by atoms with van der Waals surface area (Å²) in [6.07, 6.45) is 1.89. The summed E-state index contributed by atoms with van der Waals surface area (Å²) in [4.78, 5) is 0. The molecule has 4 heteroatoms. The van der Waals surface area contributed by atoms with Crippen LogP contribution in [-0.4, -0.2) is 18.7 Å². The Kier molecular flexibility index (Phi) is 4.76. The molecule has 2 nitrogen and oxygen atoms in total. The first kappa shape index (κ1) is 15.4. The number of rotatable bonds is 3. The number of ether oxygens (including phenoxy) is 1. The lowest BCUT2D eigenvalue weighted by atomic mass is 9.88. The first-order valence-electron chi connectivity index (χ1n) is 7.18. The Hall–Kier alpha value is -1.00. The van der Waals surface area contributed by atoms with Gasteiger partial charge in [-0.15, -0.1) is 0 Å². The normalized spacial score (nSPS) is 23.9. The average molecular weight is 283 g/mol. The Bertz CT molecular complexity index is 456. The molecule has 2 rings (SSSR count). The van der Waals surface area contributed by atoms with E-state index in [4.69, 9.17) is 4.74 Å². The van der Waals surface area contributed by atoms with Crippen molar-refractivity contribution in [2.24, 2.45) is 5.92 Å². The van der Waals surface area contributed by atoms with Gasteiger partial charge in [0, 0.05) is 24.6 Å². The number of benzene rings is 1. The van der Waals surface area contributed by atoms with Gasteiger partial charge in [-0.3, -0.25) is 0 Å². The van der Waals surface area contributed by atoms with Gasteiger partial charge in [0.15, 0.2) is 11.6 Å². The summed E-state index contributed by atoms with van der Waals surface area (Å²) < 4.78 is 32.2. The van der Waals surface area contributed by atoms with Crippen LogP contribution in [-0.2, 0) is 4.74 Å². The van der Waals surface area contributed by atoms with Crippen LogP contribution in [0.3, 0.4) is 0 Å². The molecule has 0 amide bonds. The highest BCUT2D eigenvalue weighted by molar-refractivity contribution is 5.21. The van der Waals surface area contributed by atoms with E-state index in [0.29, 0.717) is 6.61 Å². The maximum atomic E-state index is 13.4. The Labute approximate surface area is 119 Å². The second-order valence-corrected chi connectivity index (χ2v) is 6.50. The van der Waals surface area contributed by atoms with E-state index < -0.39 is 11.6 Å². The maximum absolute atomic E-state index is 13.4. The molecule has 1 saturated heterocycles. The molecule has 0 aliphatic carbocycles. The molecule has 1 fully saturated rings. The number of halogens is 2. The van der Waals surface area contributed by atoms with Crippen molar-refractivity contribution in [1.29, 1.82) is 0 Å². The standard InChI is InChI=1S/C16H23F2NO/c1-16(2,3)19-10-12-5-4-8-20-15(12)11-6-7-13(17)14(18)9-11/h6-7,9,12,15,19H,4-5,8,10H2,1-3H3. The predicted molar refractivity (Wildman–Crippen MR) is 75.5 cm³/mol. The highest BCUT2D eigenvalue weighted by atomic mass is 19.2. The van der Waals surface area contributed by atoms with Crippen LogP contribution in [0.1, 0.15) is 45.3 Å². The van der Waals surface area contributed by atoms with Gasteiger partial charge >= 0.3 is 0 Å². The van der Waals surface area contributed by atoms with Crippen molar-refractivity contribution in [2.75, 3.05) is 13.2 Å². The minimum absolute atomic E-state index is 0.0377. The molecular formula is C16H23F2NO. The molecule has 112 valence electrons. The molecular weight excluding hydrogens is 260 g/mol. The zero-order valence-electron chi connectivity index (χ0n) is 12.4. The Morgan fingerprint density at radius 2 is 2.00 bits per heavy atom. The lowest BCUT2D eigenvalue weighted by Gasteiger charge is -2.34. The first-order valence-corrected chi connectivity index (χ1v) is 7.18. The van der Waals surface area contributed by atoms with E-state index in [9.17, 15) is 8.78 Å². The molecule has 1 aromatic rings. The largest absolute Gasteiger partial charge is 0.373 e. The van der Waals surface area contributed by atoms with Crippen LogP contribution in [0.15, 0.2) is 18.2 Å². The summed E-state index contributed by atoms with van der Waals surface area (Å²) in [5, 5.41) is 3.47. The summed E-state index contributed by atoms with van der Waals surface area (Å²) >= 11 is 0. The van der Waals surface area contributed by atoms with Crippen LogP contribution >= 0.6 is 0 Å². The monoisotopic (exact) mass is 283 g/mol. The Morgan fingerprint density at radius 3 is 2.65 bits per heavy atom. The third-order valence-corrected chi connectivity index (χ3v) is 3.61. The fraction of sp³-hybridized carbons (Fsp3) is 0.625. The lowest BCUT2D eigenvalue weighted by Crippen LogP contribution is -2.41. The van der Waals surface area contributed by atoms with Crippen molar-refractivity contribution in [2.45, 2.75) is 45.3 Å². The van der Waals surface area contributed by atoms with Gasteiger partial charge in [0.1, 0.15) is 0 Å². The third-order valence-electron chi connectivity index (χ3n) is 3.61. The molecule has 2 atom stereocenters. The van der Waals surface area contributed by atoms with E-state index >= 15 is 0 Å². The lowest BCUT2D eigenvalue weighted by molar-refractivity contribution is -0.0294. The van der Waals surface area contributed by atoms with Crippen LogP contribution in [0.25, 0.3) is 0 Å². The van der Waals surface area contributed by atoms with Crippen molar-refractivity contribution < 1.29 is 13.5 Å². The van der Waals surface area contributed by atoms with Crippen molar-refractivity contribution in [3.8, 4) is 0 Å². The van der Waals surface area contributed by atoms with Crippen molar-refractivity contribution in [1.82, 2.24) is 5.32 Å². The quantitative estimate of drug-likeness (QED) is 0.910. The fourth-order valence-electron chi connectivity index (χ4n) is 2.55. The maximum Gasteiger partial charge on any atom is 0.159 e. The summed E-state index contributed by atoms with van der Waals surface area (Å²) in [5.74, 6) is -1.33. The van der Waals surface area contributed by atoms with Gasteiger partial charge in [0.05, 0.1) is 6.10 Å². The summed E-state index contributed by atoms with van der Waals surface area (Å²) in [5.41, 5.74) is 0.764. The SMILES string of the molecule is CC(C)(C)NCC1CCCOC1c1ccc(F)c(F)c1. The van der Waals surface area contributed by atoms with Gasteiger partial charge in [-0.1, -0.05) is 6.07 Å². The summed E-state index contributed by atoms with van der Waals surface area (Å²) in [6, 6.07) is 4.06. The molecule has 1 heterocycles. The van der Waals surface area contributed by atoms with E-state index in [-0.39, 0.29) is 17.6 Å². The predicted octanol–water partition coefficient (Wildman–Crippen LogP) is 3.82. The topological polar surface area (TPSA) is 21.3 Å². The molecule has 0 aromatic heterocycles. The van der Waals surface area contributed by atoms with E-state index in [1.807, 2.05) is 0 Å². The van der Waals surface area contributed by atoms with Gasteiger partial charge in [-0.2, -0.15) is 0 Å². The number of hydrogen-bond acceptors (Lipinski definition) is 2. The molecule has 0 radical (unpaired) electrons. The second-order valence-electron chi connectivity index (χ2n) is 6.50. The average Bonchev–Trinajstić information content (AvgIpc) is 2.39. The summed E-state index contributed by atoms with van der Waals surface area (Å²) in [6.45, 7) is 7.83. The van der Waals surface area contributed by atoms with Crippen molar-refractivity contribution in [3.05, 3.63) is 35.4 Å². The van der Waals surface area contributed by atoms with Crippen LogP contribution < -0.4 is 5.32 Å². The van der Waals surface area contributed by atoms with Crippen molar-refractivity contribution in [3.63, 3.8) is 0 Å². The van der Waals surface area contributed by atoms with Gasteiger partial charge in [0.2, 0.25) is 0 Å². The number of hydrogen-bond donors (Lipinski definition) is 1. The molecule has 0 spiro atoms. The van der Waals surface area contributed by atoms with Gasteiger partial charge in [-0.05, 0) is 51.3 Å². The summed E-state index contributed by atoms with van der Waals surface area (Å²) in [7, 11) is 0.